The third kappa shape index (κ3) is 4.20. The summed E-state index contributed by atoms with van der Waals surface area (Å²) in [6.45, 7) is -0.621. The highest BCUT2D eigenvalue weighted by Gasteiger charge is 2.16. The molecule has 0 N–H and O–H groups in total. The largest absolute Gasteiger partial charge is 0.496 e. The van der Waals surface area contributed by atoms with E-state index in [-0.39, 0.29) is 29.8 Å². The second-order valence-corrected chi connectivity index (χ2v) is 5.81. The smallest absolute Gasteiger partial charge is 0.308 e. The van der Waals surface area contributed by atoms with Crippen molar-refractivity contribution in [3.05, 3.63) is 64.2 Å². The van der Waals surface area contributed by atoms with Gasteiger partial charge < -0.3 is 9.47 Å². The van der Waals surface area contributed by atoms with Gasteiger partial charge in [-0.2, -0.15) is 0 Å². The van der Waals surface area contributed by atoms with Crippen molar-refractivity contribution >= 4 is 22.7 Å². The van der Waals surface area contributed by atoms with Gasteiger partial charge in [0.05, 0.1) is 31.0 Å². The lowest BCUT2D eigenvalue weighted by Crippen LogP contribution is -2.26. The van der Waals surface area contributed by atoms with E-state index in [9.17, 15) is 18.8 Å². The number of fused-ring (bicyclic) bond motifs is 1. The van der Waals surface area contributed by atoms with Gasteiger partial charge in [0, 0.05) is 0 Å². The van der Waals surface area contributed by atoms with E-state index in [0.29, 0.717) is 10.9 Å². The normalized spacial score (nSPS) is 10.6. The van der Waals surface area contributed by atoms with Gasteiger partial charge in [0.2, 0.25) is 5.78 Å². The molecule has 2 aromatic carbocycles. The lowest BCUT2D eigenvalue weighted by molar-refractivity contribution is -0.142. The molecule has 0 radical (unpaired) electrons. The molecular formula is C19H16FN3O5. The first-order valence-corrected chi connectivity index (χ1v) is 8.34. The number of aromatic nitrogens is 3. The van der Waals surface area contributed by atoms with Crippen LogP contribution >= 0.6 is 0 Å². The number of rotatable bonds is 7. The summed E-state index contributed by atoms with van der Waals surface area (Å²) in [6, 6.07) is 10.2. The molecule has 0 saturated heterocycles. The van der Waals surface area contributed by atoms with Crippen LogP contribution in [0.15, 0.2) is 47.3 Å². The number of aryl methyl sites for hydroxylation is 1. The van der Waals surface area contributed by atoms with Crippen molar-refractivity contribution in [2.75, 3.05) is 13.7 Å². The molecule has 0 saturated carbocycles. The molecule has 3 rings (SSSR count). The van der Waals surface area contributed by atoms with Crippen LogP contribution in [-0.2, 0) is 16.1 Å². The first kappa shape index (κ1) is 19.2. The maximum Gasteiger partial charge on any atom is 0.308 e. The topological polar surface area (TPSA) is 100 Å². The molecule has 1 heterocycles. The minimum absolute atomic E-state index is 0.0214. The molecule has 28 heavy (non-hydrogen) atoms. The Balaban J connectivity index is 1.60. The predicted octanol–water partition coefficient (Wildman–Crippen LogP) is 1.76. The number of hydrogen-bond acceptors (Lipinski definition) is 7. The number of carbonyl (C=O) groups is 2. The Hall–Kier alpha value is -3.62. The van der Waals surface area contributed by atoms with E-state index in [1.165, 1.54) is 13.2 Å². The van der Waals surface area contributed by atoms with E-state index >= 15 is 0 Å². The molecule has 0 aliphatic carbocycles. The Labute approximate surface area is 158 Å². The number of methoxy groups -OCH3 is 1. The van der Waals surface area contributed by atoms with Crippen LogP contribution < -0.4 is 10.3 Å². The van der Waals surface area contributed by atoms with E-state index in [1.807, 2.05) is 0 Å². The second kappa shape index (κ2) is 8.38. The van der Waals surface area contributed by atoms with Gasteiger partial charge in [-0.05, 0) is 30.3 Å². The zero-order valence-electron chi connectivity index (χ0n) is 14.9. The van der Waals surface area contributed by atoms with Crippen molar-refractivity contribution in [3.8, 4) is 5.75 Å². The SMILES string of the molecule is COc1ccc(F)cc1C(=O)COC(=O)CCn1nnc2ccccc2c1=O. The first-order valence-electron chi connectivity index (χ1n) is 8.34. The van der Waals surface area contributed by atoms with Crippen LogP contribution in [0.4, 0.5) is 4.39 Å². The molecule has 8 nitrogen and oxygen atoms in total. The monoisotopic (exact) mass is 385 g/mol. The van der Waals surface area contributed by atoms with Crippen LogP contribution in [0.2, 0.25) is 0 Å². The standard InChI is InChI=1S/C19H16FN3O5/c1-27-17-7-6-12(20)10-14(17)16(24)11-28-18(25)8-9-23-19(26)13-4-2-3-5-15(13)21-22-23/h2-7,10H,8-9,11H2,1H3. The highest BCUT2D eigenvalue weighted by Crippen LogP contribution is 2.20. The number of halogens is 1. The van der Waals surface area contributed by atoms with Crippen molar-refractivity contribution < 1.29 is 23.5 Å². The Morgan fingerprint density at radius 3 is 2.75 bits per heavy atom. The molecule has 0 fully saturated rings. The Morgan fingerprint density at radius 1 is 1.18 bits per heavy atom. The summed E-state index contributed by atoms with van der Waals surface area (Å²) in [5.41, 5.74) is 0.0619. The van der Waals surface area contributed by atoms with Crippen molar-refractivity contribution in [3.63, 3.8) is 0 Å². The summed E-state index contributed by atoms with van der Waals surface area (Å²) in [6.07, 6.45) is -0.180. The Bertz CT molecular complexity index is 1100. The number of esters is 1. The van der Waals surface area contributed by atoms with Crippen molar-refractivity contribution in [1.82, 2.24) is 15.0 Å². The number of ketones is 1. The Kier molecular flexibility index (Phi) is 5.73. The molecule has 0 atom stereocenters. The molecular weight excluding hydrogens is 369 g/mol. The van der Waals surface area contributed by atoms with Crippen LogP contribution in [0.1, 0.15) is 16.8 Å². The second-order valence-electron chi connectivity index (χ2n) is 5.81. The summed E-state index contributed by atoms with van der Waals surface area (Å²) in [5, 5.41) is 8.08. The number of benzene rings is 2. The van der Waals surface area contributed by atoms with E-state index in [1.54, 1.807) is 24.3 Å². The zero-order valence-corrected chi connectivity index (χ0v) is 14.9. The summed E-state index contributed by atoms with van der Waals surface area (Å²) in [7, 11) is 1.35. The molecule has 0 aliphatic rings. The fraction of sp³-hybridized carbons (Fsp3) is 0.211. The number of carbonyl (C=O) groups excluding carboxylic acids is 2. The summed E-state index contributed by atoms with van der Waals surface area (Å²) < 4.78 is 24.3. The molecule has 1 aromatic heterocycles. The van der Waals surface area contributed by atoms with Crippen molar-refractivity contribution in [2.45, 2.75) is 13.0 Å². The van der Waals surface area contributed by atoms with Gasteiger partial charge in [-0.15, -0.1) is 5.10 Å². The maximum absolute atomic E-state index is 13.3. The molecule has 0 spiro atoms. The average molecular weight is 385 g/mol. The number of ether oxygens (including phenoxy) is 2. The van der Waals surface area contributed by atoms with Crippen LogP contribution in [0, 0.1) is 5.82 Å². The number of nitrogens with zero attached hydrogens (tertiary/aromatic N) is 3. The van der Waals surface area contributed by atoms with Crippen LogP contribution in [0.25, 0.3) is 10.9 Å². The first-order chi connectivity index (χ1) is 13.5. The quantitative estimate of drug-likeness (QED) is 0.451. The van der Waals surface area contributed by atoms with Gasteiger partial charge in [-0.3, -0.25) is 14.4 Å². The highest BCUT2D eigenvalue weighted by atomic mass is 19.1. The molecule has 9 heteroatoms. The van der Waals surface area contributed by atoms with Gasteiger partial charge in [0.25, 0.3) is 5.56 Å². The molecule has 0 amide bonds. The third-order valence-electron chi connectivity index (χ3n) is 3.98. The van der Waals surface area contributed by atoms with Crippen LogP contribution in [-0.4, -0.2) is 40.5 Å². The van der Waals surface area contributed by atoms with E-state index < -0.39 is 24.2 Å². The summed E-state index contributed by atoms with van der Waals surface area (Å²) >= 11 is 0. The van der Waals surface area contributed by atoms with E-state index in [0.717, 1.165) is 16.8 Å². The Morgan fingerprint density at radius 2 is 1.96 bits per heavy atom. The summed E-state index contributed by atoms with van der Waals surface area (Å²) in [4.78, 5) is 36.4. The fourth-order valence-corrected chi connectivity index (χ4v) is 2.56. The number of hydrogen-bond donors (Lipinski definition) is 0. The van der Waals surface area contributed by atoms with Gasteiger partial charge in [0.1, 0.15) is 17.1 Å². The molecule has 0 bridgehead atoms. The fourth-order valence-electron chi connectivity index (χ4n) is 2.56. The predicted molar refractivity (Wildman–Crippen MR) is 96.7 cm³/mol. The van der Waals surface area contributed by atoms with Crippen LogP contribution in [0.3, 0.4) is 0 Å². The molecule has 0 aliphatic heterocycles. The van der Waals surface area contributed by atoms with Crippen LogP contribution in [0.5, 0.6) is 5.75 Å². The van der Waals surface area contributed by atoms with Crippen molar-refractivity contribution in [2.24, 2.45) is 0 Å². The molecule has 144 valence electrons. The van der Waals surface area contributed by atoms with Gasteiger partial charge in [-0.1, -0.05) is 17.3 Å². The molecule has 0 unspecified atom stereocenters. The lowest BCUT2D eigenvalue weighted by atomic mass is 10.1. The van der Waals surface area contributed by atoms with E-state index in [2.05, 4.69) is 10.3 Å². The average Bonchev–Trinajstić information content (AvgIpc) is 2.71. The summed E-state index contributed by atoms with van der Waals surface area (Å²) in [5.74, 6) is -1.73. The van der Waals surface area contributed by atoms with Crippen molar-refractivity contribution in [1.29, 1.82) is 0 Å². The zero-order chi connectivity index (χ0) is 20.1. The lowest BCUT2D eigenvalue weighted by Gasteiger charge is -2.09. The van der Waals surface area contributed by atoms with Gasteiger partial charge in [0.15, 0.2) is 6.61 Å². The highest BCUT2D eigenvalue weighted by molar-refractivity contribution is 6.00. The van der Waals surface area contributed by atoms with Gasteiger partial charge in [-0.25, -0.2) is 9.07 Å². The maximum atomic E-state index is 13.3. The minimum Gasteiger partial charge on any atom is -0.496 e. The number of Topliss-reactive ketones (excluding diaryl/α,β-unsaturated/α-hetero) is 1. The van der Waals surface area contributed by atoms with Gasteiger partial charge >= 0.3 is 5.97 Å². The van der Waals surface area contributed by atoms with E-state index in [4.69, 9.17) is 9.47 Å². The third-order valence-corrected chi connectivity index (χ3v) is 3.98. The minimum atomic E-state index is -0.703. The molecule has 3 aromatic rings.